The number of unbranched alkanes of at least 4 members (excludes halogenated alkanes) is 16. The predicted octanol–water partition coefficient (Wildman–Crippen LogP) is 11.5. The predicted molar refractivity (Wildman–Crippen MR) is 227 cm³/mol. The lowest BCUT2D eigenvalue weighted by molar-refractivity contribution is -0.138. The Balaban J connectivity index is 1.16. The quantitative estimate of drug-likeness (QED) is 0.0254. The zero-order valence-electron chi connectivity index (χ0n) is 34.5. The highest BCUT2D eigenvalue weighted by Crippen LogP contribution is 2.35. The summed E-state index contributed by atoms with van der Waals surface area (Å²) in [4.78, 5) is 34.5. The third kappa shape index (κ3) is 22.8. The maximum atomic E-state index is 12.4. The number of hydrogen-bond donors (Lipinski definition) is 0. The Kier molecular flexibility index (Phi) is 25.4. The van der Waals surface area contributed by atoms with Gasteiger partial charge in [0.2, 0.25) is 0 Å². The van der Waals surface area contributed by atoms with Gasteiger partial charge in [0.25, 0.3) is 0 Å². The molecule has 0 saturated heterocycles. The Morgan fingerprint density at radius 2 is 0.982 bits per heavy atom. The van der Waals surface area contributed by atoms with Gasteiger partial charge in [-0.25, -0.2) is 14.4 Å². The minimum Gasteiger partial charge on any atom is -0.494 e. The highest BCUT2D eigenvalue weighted by Gasteiger charge is 2.23. The second kappa shape index (κ2) is 30.7. The fraction of sp³-hybridized carbons (Fsp3) is 0.571. The van der Waals surface area contributed by atoms with Crippen molar-refractivity contribution in [3.63, 3.8) is 0 Å². The van der Waals surface area contributed by atoms with Gasteiger partial charge in [-0.2, -0.15) is 0 Å². The van der Waals surface area contributed by atoms with Crippen LogP contribution in [0, 0.1) is 11.8 Å². The molecule has 0 radical (unpaired) electrons. The van der Waals surface area contributed by atoms with Crippen LogP contribution in [0.4, 0.5) is 0 Å². The van der Waals surface area contributed by atoms with Crippen molar-refractivity contribution < 1.29 is 38.1 Å². The molecule has 0 aromatic heterocycles. The highest BCUT2D eigenvalue weighted by atomic mass is 16.5. The number of esters is 3. The summed E-state index contributed by atoms with van der Waals surface area (Å²) in [6.45, 7) is 9.32. The molecule has 312 valence electrons. The van der Waals surface area contributed by atoms with E-state index in [1.54, 1.807) is 0 Å². The van der Waals surface area contributed by atoms with Crippen LogP contribution in [0.5, 0.6) is 11.5 Å². The van der Waals surface area contributed by atoms with Crippen LogP contribution in [0.3, 0.4) is 0 Å². The van der Waals surface area contributed by atoms with Crippen LogP contribution in [0.1, 0.15) is 158 Å². The van der Waals surface area contributed by atoms with Gasteiger partial charge >= 0.3 is 17.9 Å². The Hall–Kier alpha value is -4.35. The van der Waals surface area contributed by atoms with Crippen LogP contribution in [-0.4, -0.2) is 50.4 Å². The standard InChI is InChI=1S/C49H68O8/c1-3-47(50)55-39-21-17-13-9-5-7-11-15-19-37-53-44-30-23-41(24-31-44)25-36-49(52)57-46-34-28-43(29-35-46)42-26-32-45(33-27-42)54-38-20-16-12-8-6-10-14-18-22-40-56-48(51)4-2/h3-4,23-24,28-31,34-35,42,45H,1-2,5-22,26-27,32-33,37-40H2. The van der Waals surface area contributed by atoms with Gasteiger partial charge in [0.15, 0.2) is 0 Å². The van der Waals surface area contributed by atoms with Crippen LogP contribution in [-0.2, 0) is 28.6 Å². The summed E-state index contributed by atoms with van der Waals surface area (Å²) in [6.07, 6.45) is 28.1. The number of carbonyl (C=O) groups is 3. The zero-order chi connectivity index (χ0) is 40.6. The molecule has 2 aromatic rings. The molecule has 0 amide bonds. The van der Waals surface area contributed by atoms with Crippen molar-refractivity contribution in [3.8, 4) is 23.3 Å². The number of carbonyl (C=O) groups excluding carboxylic acids is 3. The number of ether oxygens (including phenoxy) is 5. The van der Waals surface area contributed by atoms with Crippen LogP contribution in [0.15, 0.2) is 73.8 Å². The summed E-state index contributed by atoms with van der Waals surface area (Å²) in [5.74, 6) is 6.04. The third-order valence-electron chi connectivity index (χ3n) is 10.4. The van der Waals surface area contributed by atoms with E-state index in [2.05, 4.69) is 37.1 Å². The van der Waals surface area contributed by atoms with Gasteiger partial charge in [0.05, 0.1) is 25.9 Å². The van der Waals surface area contributed by atoms with Gasteiger partial charge in [0.1, 0.15) is 11.5 Å². The van der Waals surface area contributed by atoms with Crippen molar-refractivity contribution in [1.82, 2.24) is 0 Å². The van der Waals surface area contributed by atoms with E-state index in [1.165, 1.54) is 88.3 Å². The molecule has 0 atom stereocenters. The van der Waals surface area contributed by atoms with E-state index in [9.17, 15) is 14.4 Å². The van der Waals surface area contributed by atoms with E-state index in [1.807, 2.05) is 36.4 Å². The van der Waals surface area contributed by atoms with E-state index in [-0.39, 0.29) is 11.9 Å². The molecule has 0 heterocycles. The second-order valence-corrected chi connectivity index (χ2v) is 15.0. The molecule has 8 heteroatoms. The maximum absolute atomic E-state index is 12.4. The molecule has 0 spiro atoms. The monoisotopic (exact) mass is 784 g/mol. The van der Waals surface area contributed by atoms with Crippen molar-refractivity contribution in [2.24, 2.45) is 0 Å². The van der Waals surface area contributed by atoms with E-state index >= 15 is 0 Å². The van der Waals surface area contributed by atoms with Crippen LogP contribution in [0.2, 0.25) is 0 Å². The lowest BCUT2D eigenvalue weighted by Crippen LogP contribution is -2.21. The van der Waals surface area contributed by atoms with Crippen molar-refractivity contribution in [3.05, 3.63) is 85.0 Å². The SMILES string of the molecule is C=CC(=O)OCCCCCCCCCCCOc1ccc(C#CC(=O)Oc2ccc(C3CCC(OCCCCCCCCCCCOC(=O)C=C)CC3)cc2)cc1. The molecule has 0 aliphatic heterocycles. The zero-order valence-corrected chi connectivity index (χ0v) is 34.5. The molecular formula is C49H68O8. The van der Waals surface area contributed by atoms with E-state index < -0.39 is 5.97 Å². The van der Waals surface area contributed by atoms with Crippen molar-refractivity contribution >= 4 is 17.9 Å². The van der Waals surface area contributed by atoms with Crippen LogP contribution < -0.4 is 9.47 Å². The van der Waals surface area contributed by atoms with Crippen molar-refractivity contribution in [1.29, 1.82) is 0 Å². The summed E-state index contributed by atoms with van der Waals surface area (Å²) in [5.41, 5.74) is 2.01. The number of benzene rings is 2. The lowest BCUT2D eigenvalue weighted by Gasteiger charge is -2.29. The fourth-order valence-electron chi connectivity index (χ4n) is 7.05. The number of rotatable bonds is 30. The summed E-state index contributed by atoms with van der Waals surface area (Å²) in [6, 6.07) is 15.4. The summed E-state index contributed by atoms with van der Waals surface area (Å²) >= 11 is 0. The third-order valence-corrected chi connectivity index (χ3v) is 10.4. The minimum absolute atomic E-state index is 0.332. The summed E-state index contributed by atoms with van der Waals surface area (Å²) < 4.78 is 27.6. The van der Waals surface area contributed by atoms with E-state index in [0.29, 0.717) is 37.6 Å². The first-order chi connectivity index (χ1) is 28.0. The van der Waals surface area contributed by atoms with E-state index in [4.69, 9.17) is 23.7 Å². The molecule has 3 rings (SSSR count). The first-order valence-electron chi connectivity index (χ1n) is 21.7. The molecule has 2 aromatic carbocycles. The van der Waals surface area contributed by atoms with Crippen LogP contribution in [0.25, 0.3) is 0 Å². The fourth-order valence-corrected chi connectivity index (χ4v) is 7.05. The van der Waals surface area contributed by atoms with E-state index in [0.717, 1.165) is 88.5 Å². The van der Waals surface area contributed by atoms with Gasteiger partial charge in [0, 0.05) is 30.2 Å². The Bertz CT molecular complexity index is 1480. The minimum atomic E-state index is -0.579. The highest BCUT2D eigenvalue weighted by molar-refractivity contribution is 5.90. The first kappa shape index (κ1) is 47.0. The second-order valence-electron chi connectivity index (χ2n) is 15.0. The lowest BCUT2D eigenvalue weighted by atomic mass is 9.83. The molecule has 1 aliphatic carbocycles. The van der Waals surface area contributed by atoms with Crippen LogP contribution >= 0.6 is 0 Å². The largest absolute Gasteiger partial charge is 0.494 e. The summed E-state index contributed by atoms with van der Waals surface area (Å²) in [7, 11) is 0. The maximum Gasteiger partial charge on any atom is 0.390 e. The van der Waals surface area contributed by atoms with Gasteiger partial charge in [-0.15, -0.1) is 0 Å². The first-order valence-corrected chi connectivity index (χ1v) is 21.7. The molecule has 1 saturated carbocycles. The Labute approximate surface area is 343 Å². The average molecular weight is 785 g/mol. The van der Waals surface area contributed by atoms with Gasteiger partial charge in [-0.1, -0.05) is 121 Å². The van der Waals surface area contributed by atoms with Gasteiger partial charge in [-0.05, 0) is 99.2 Å². The Morgan fingerprint density at radius 1 is 0.544 bits per heavy atom. The molecule has 57 heavy (non-hydrogen) atoms. The molecule has 8 nitrogen and oxygen atoms in total. The Morgan fingerprint density at radius 3 is 1.47 bits per heavy atom. The molecule has 0 N–H and O–H groups in total. The molecule has 1 aliphatic rings. The average Bonchev–Trinajstić information content (AvgIpc) is 3.24. The smallest absolute Gasteiger partial charge is 0.390 e. The van der Waals surface area contributed by atoms with Crippen molar-refractivity contribution in [2.45, 2.75) is 153 Å². The van der Waals surface area contributed by atoms with Gasteiger partial charge in [-0.3, -0.25) is 0 Å². The van der Waals surface area contributed by atoms with Crippen molar-refractivity contribution in [2.75, 3.05) is 26.4 Å². The van der Waals surface area contributed by atoms with Gasteiger partial charge < -0.3 is 23.7 Å². The topological polar surface area (TPSA) is 97.4 Å². The molecule has 0 bridgehead atoms. The molecule has 1 fully saturated rings. The normalized spacial score (nSPS) is 14.8. The summed E-state index contributed by atoms with van der Waals surface area (Å²) in [5, 5.41) is 0. The number of hydrogen-bond acceptors (Lipinski definition) is 8. The molecule has 0 unspecified atom stereocenters. The molecular weight excluding hydrogens is 717 g/mol.